The van der Waals surface area contributed by atoms with Crippen LogP contribution in [0.5, 0.6) is 5.75 Å². The van der Waals surface area contributed by atoms with Gasteiger partial charge in [0.1, 0.15) is 19.9 Å². The molecule has 3 aromatic rings. The van der Waals surface area contributed by atoms with Crippen LogP contribution in [0.2, 0.25) is 4.34 Å². The number of hydrogen-bond acceptors (Lipinski definition) is 6. The normalized spacial score (nSPS) is 11.4. The minimum absolute atomic E-state index is 0.00401. The van der Waals surface area contributed by atoms with Gasteiger partial charge in [0, 0.05) is 11.6 Å². The first-order valence-electron chi connectivity index (χ1n) is 7.80. The Morgan fingerprint density at radius 3 is 2.46 bits per heavy atom. The fourth-order valence-corrected chi connectivity index (χ4v) is 5.37. The number of hydrogen-bond donors (Lipinski definition) is 4. The molecule has 0 unspecified atom stereocenters. The zero-order valence-electron chi connectivity index (χ0n) is 14.1. The first kappa shape index (κ1) is 20.2. The number of rotatable bonds is 6. The Kier molecular flexibility index (Phi) is 5.61. The van der Waals surface area contributed by atoms with Crippen LogP contribution in [0.25, 0.3) is 11.1 Å². The number of aliphatic hydroxyl groups is 1. The van der Waals surface area contributed by atoms with Gasteiger partial charge < -0.3 is 15.3 Å². The van der Waals surface area contributed by atoms with Gasteiger partial charge in [-0.3, -0.25) is 4.72 Å². The maximum Gasteiger partial charge on any atom is 0.339 e. The Labute approximate surface area is 169 Å². The predicted molar refractivity (Wildman–Crippen MR) is 107 cm³/mol. The molecule has 0 spiro atoms. The van der Waals surface area contributed by atoms with Crippen molar-refractivity contribution in [1.29, 1.82) is 0 Å². The lowest BCUT2D eigenvalue weighted by Gasteiger charge is -2.08. The SMILES string of the molecule is O=C(O)c1ccc(NS(=O)(=O)c2cc(-c3ccccc3CO)c(Cl)s2)cc1O. The van der Waals surface area contributed by atoms with Gasteiger partial charge >= 0.3 is 5.97 Å². The van der Waals surface area contributed by atoms with E-state index >= 15 is 0 Å². The third kappa shape index (κ3) is 3.97. The number of thiophene rings is 1. The predicted octanol–water partition coefficient (Wildman–Crippen LogP) is 3.77. The molecule has 0 saturated carbocycles. The van der Waals surface area contributed by atoms with E-state index in [-0.39, 0.29) is 26.4 Å². The van der Waals surface area contributed by atoms with E-state index in [2.05, 4.69) is 4.72 Å². The van der Waals surface area contributed by atoms with Gasteiger partial charge in [0.15, 0.2) is 0 Å². The summed E-state index contributed by atoms with van der Waals surface area (Å²) >= 11 is 7.08. The highest BCUT2D eigenvalue weighted by molar-refractivity contribution is 7.94. The molecule has 146 valence electrons. The molecule has 2 aromatic carbocycles. The largest absolute Gasteiger partial charge is 0.507 e. The number of anilines is 1. The maximum atomic E-state index is 12.7. The van der Waals surface area contributed by atoms with Gasteiger partial charge in [0.05, 0.1) is 12.3 Å². The van der Waals surface area contributed by atoms with Crippen molar-refractivity contribution in [3.63, 3.8) is 0 Å². The molecule has 1 heterocycles. The molecule has 10 heteroatoms. The second kappa shape index (κ2) is 7.80. The number of halogens is 1. The third-order valence-electron chi connectivity index (χ3n) is 3.89. The first-order chi connectivity index (χ1) is 13.2. The molecule has 7 nitrogen and oxygen atoms in total. The Morgan fingerprint density at radius 1 is 1.11 bits per heavy atom. The van der Waals surface area contributed by atoms with Crippen LogP contribution in [0.4, 0.5) is 5.69 Å². The minimum atomic E-state index is -4.03. The summed E-state index contributed by atoms with van der Waals surface area (Å²) in [5.41, 5.74) is 1.36. The lowest BCUT2D eigenvalue weighted by atomic mass is 10.0. The van der Waals surface area contributed by atoms with Crippen molar-refractivity contribution in [3.8, 4) is 16.9 Å². The van der Waals surface area contributed by atoms with E-state index in [0.29, 0.717) is 16.7 Å². The van der Waals surface area contributed by atoms with Gasteiger partial charge in [-0.25, -0.2) is 13.2 Å². The monoisotopic (exact) mass is 439 g/mol. The van der Waals surface area contributed by atoms with Crippen LogP contribution in [-0.4, -0.2) is 29.7 Å². The molecule has 3 rings (SSSR count). The molecular weight excluding hydrogens is 426 g/mol. The van der Waals surface area contributed by atoms with E-state index in [0.717, 1.165) is 23.5 Å². The number of aromatic carboxylic acids is 1. The zero-order valence-corrected chi connectivity index (χ0v) is 16.5. The van der Waals surface area contributed by atoms with Crippen LogP contribution in [0.15, 0.2) is 52.7 Å². The molecular formula is C18H14ClNO6S2. The number of carbonyl (C=O) groups is 1. The van der Waals surface area contributed by atoms with Crippen molar-refractivity contribution in [2.75, 3.05) is 4.72 Å². The third-order valence-corrected chi connectivity index (χ3v) is 7.10. The standard InChI is InChI=1S/C18H14ClNO6S2/c19-17-14(12-4-2-1-3-10(12)9-21)8-16(27-17)28(25,26)20-11-5-6-13(18(23)24)15(22)7-11/h1-8,20-22H,9H2,(H,23,24). The van der Waals surface area contributed by atoms with Crippen molar-refractivity contribution in [2.45, 2.75) is 10.8 Å². The molecule has 4 N–H and O–H groups in total. The molecule has 0 amide bonds. The van der Waals surface area contributed by atoms with Gasteiger partial charge in [-0.2, -0.15) is 0 Å². The fraction of sp³-hybridized carbons (Fsp3) is 0.0556. The summed E-state index contributed by atoms with van der Waals surface area (Å²) in [6.45, 7) is -0.224. The van der Waals surface area contributed by atoms with E-state index in [1.807, 2.05) is 0 Å². The van der Waals surface area contributed by atoms with E-state index in [4.69, 9.17) is 16.7 Å². The average molecular weight is 440 g/mol. The Balaban J connectivity index is 1.95. The fourth-order valence-electron chi connectivity index (χ4n) is 2.57. The summed E-state index contributed by atoms with van der Waals surface area (Å²) in [6.07, 6.45) is 0. The van der Waals surface area contributed by atoms with Gasteiger partial charge in [0.25, 0.3) is 10.0 Å². The zero-order chi connectivity index (χ0) is 20.5. The molecule has 28 heavy (non-hydrogen) atoms. The number of carboxylic acid groups (broad SMARTS) is 1. The van der Waals surface area contributed by atoms with E-state index in [1.165, 1.54) is 12.1 Å². The second-order valence-electron chi connectivity index (χ2n) is 5.71. The van der Waals surface area contributed by atoms with Crippen molar-refractivity contribution in [3.05, 3.63) is 64.0 Å². The highest BCUT2D eigenvalue weighted by Crippen LogP contribution is 2.39. The number of aromatic hydroxyl groups is 1. The molecule has 0 fully saturated rings. The molecule has 0 aliphatic heterocycles. The summed E-state index contributed by atoms with van der Waals surface area (Å²) < 4.78 is 27.8. The number of aliphatic hydroxyl groups excluding tert-OH is 1. The van der Waals surface area contributed by atoms with Gasteiger partial charge in [0.2, 0.25) is 0 Å². The van der Waals surface area contributed by atoms with E-state index in [9.17, 15) is 23.4 Å². The highest BCUT2D eigenvalue weighted by atomic mass is 35.5. The summed E-state index contributed by atoms with van der Waals surface area (Å²) in [5.74, 6) is -1.89. The van der Waals surface area contributed by atoms with E-state index in [1.54, 1.807) is 24.3 Å². The van der Waals surface area contributed by atoms with Crippen molar-refractivity contribution >= 4 is 44.6 Å². The van der Waals surface area contributed by atoms with Crippen LogP contribution in [0, 0.1) is 0 Å². The summed E-state index contributed by atoms with van der Waals surface area (Å²) in [7, 11) is -4.03. The molecule has 1 aromatic heterocycles. The quantitative estimate of drug-likeness (QED) is 0.463. The minimum Gasteiger partial charge on any atom is -0.507 e. The number of benzene rings is 2. The smallest absolute Gasteiger partial charge is 0.339 e. The van der Waals surface area contributed by atoms with Crippen LogP contribution in [0.3, 0.4) is 0 Å². The first-order valence-corrected chi connectivity index (χ1v) is 10.5. The van der Waals surface area contributed by atoms with Crippen LogP contribution >= 0.6 is 22.9 Å². The average Bonchev–Trinajstić information content (AvgIpc) is 3.03. The number of phenols is 1. The molecule has 0 bridgehead atoms. The topological polar surface area (TPSA) is 124 Å². The summed E-state index contributed by atoms with van der Waals surface area (Å²) in [6, 6.07) is 11.7. The van der Waals surface area contributed by atoms with Gasteiger partial charge in [-0.1, -0.05) is 35.9 Å². The summed E-state index contributed by atoms with van der Waals surface area (Å²) in [4.78, 5) is 10.9. The van der Waals surface area contributed by atoms with Crippen LogP contribution < -0.4 is 4.72 Å². The summed E-state index contributed by atoms with van der Waals surface area (Å²) in [5, 5.41) is 28.1. The second-order valence-corrected chi connectivity index (χ2v) is 9.27. The number of nitrogens with one attached hydrogen (secondary N) is 1. The Morgan fingerprint density at radius 2 is 1.82 bits per heavy atom. The molecule has 0 aliphatic rings. The number of carboxylic acids is 1. The lowest BCUT2D eigenvalue weighted by molar-refractivity contribution is 0.0693. The molecule has 0 aliphatic carbocycles. The van der Waals surface area contributed by atoms with Crippen molar-refractivity contribution in [1.82, 2.24) is 0 Å². The molecule has 0 atom stereocenters. The Hall–Kier alpha value is -2.59. The van der Waals surface area contributed by atoms with E-state index < -0.39 is 21.7 Å². The molecule has 0 radical (unpaired) electrons. The van der Waals surface area contributed by atoms with Gasteiger partial charge in [-0.05, 0) is 29.3 Å². The van der Waals surface area contributed by atoms with Crippen LogP contribution in [-0.2, 0) is 16.6 Å². The molecule has 0 saturated heterocycles. The van der Waals surface area contributed by atoms with Crippen molar-refractivity contribution in [2.24, 2.45) is 0 Å². The Bertz CT molecular complexity index is 1160. The number of sulfonamides is 1. The lowest BCUT2D eigenvalue weighted by Crippen LogP contribution is -2.11. The van der Waals surface area contributed by atoms with Crippen molar-refractivity contribution < 1.29 is 28.5 Å². The highest BCUT2D eigenvalue weighted by Gasteiger charge is 2.22. The van der Waals surface area contributed by atoms with Crippen LogP contribution in [0.1, 0.15) is 15.9 Å². The maximum absolute atomic E-state index is 12.7. The van der Waals surface area contributed by atoms with Gasteiger partial charge in [-0.15, -0.1) is 11.3 Å².